The third kappa shape index (κ3) is 3.41. The summed E-state index contributed by atoms with van der Waals surface area (Å²) in [6, 6.07) is 14.8. The van der Waals surface area contributed by atoms with E-state index in [-0.39, 0.29) is 17.7 Å². The number of aromatic amines is 1. The highest BCUT2D eigenvalue weighted by atomic mass is 32.1. The first-order valence-corrected chi connectivity index (χ1v) is 9.74. The lowest BCUT2D eigenvalue weighted by molar-refractivity contribution is -0.112. The summed E-state index contributed by atoms with van der Waals surface area (Å²) in [7, 11) is 1.62. The highest BCUT2D eigenvalue weighted by Gasteiger charge is 2.24. The van der Waals surface area contributed by atoms with Crippen molar-refractivity contribution in [3.63, 3.8) is 0 Å². The number of benzene rings is 2. The van der Waals surface area contributed by atoms with E-state index in [4.69, 9.17) is 12.2 Å². The zero-order valence-electron chi connectivity index (χ0n) is 15.1. The van der Waals surface area contributed by atoms with Gasteiger partial charge in [-0.2, -0.15) is 0 Å². The molecule has 7 nitrogen and oxygen atoms in total. The lowest BCUT2D eigenvalue weighted by Crippen LogP contribution is -2.22. The minimum atomic E-state index is -0.341. The smallest absolute Gasteiger partial charge is 0.279 e. The molecule has 5 rings (SSSR count). The predicted octanol–water partition coefficient (Wildman–Crippen LogP) is 1.93. The van der Waals surface area contributed by atoms with Crippen molar-refractivity contribution in [2.24, 2.45) is 9.98 Å². The van der Waals surface area contributed by atoms with E-state index >= 15 is 0 Å². The number of para-hydroxylation sites is 2. The Labute approximate surface area is 173 Å². The molecule has 2 aliphatic heterocycles. The van der Waals surface area contributed by atoms with Crippen LogP contribution >= 0.6 is 23.6 Å². The van der Waals surface area contributed by atoms with E-state index in [1.54, 1.807) is 19.2 Å². The van der Waals surface area contributed by atoms with E-state index in [0.29, 0.717) is 25.5 Å². The van der Waals surface area contributed by atoms with Gasteiger partial charge in [-0.25, -0.2) is 4.99 Å². The first-order valence-electron chi connectivity index (χ1n) is 8.52. The van der Waals surface area contributed by atoms with Crippen LogP contribution in [0.25, 0.3) is 5.57 Å². The van der Waals surface area contributed by atoms with Crippen molar-refractivity contribution in [3.05, 3.63) is 73.5 Å². The van der Waals surface area contributed by atoms with Gasteiger partial charge in [-0.1, -0.05) is 36.4 Å². The lowest BCUT2D eigenvalue weighted by atomic mass is 10.1. The third-order valence-electron chi connectivity index (χ3n) is 4.34. The van der Waals surface area contributed by atoms with Crippen LogP contribution in [0.2, 0.25) is 0 Å². The van der Waals surface area contributed by atoms with E-state index in [1.807, 2.05) is 36.4 Å². The number of aliphatic imine (C=N–C) groups is 1. The molecule has 0 aliphatic carbocycles. The van der Waals surface area contributed by atoms with Crippen molar-refractivity contribution in [1.29, 1.82) is 0 Å². The van der Waals surface area contributed by atoms with Gasteiger partial charge in [-0.15, -0.1) is 11.3 Å². The molecule has 0 saturated carbocycles. The van der Waals surface area contributed by atoms with Crippen molar-refractivity contribution in [2.45, 2.75) is 0 Å². The number of H-pyrrole nitrogens is 1. The number of rotatable bonds is 1. The van der Waals surface area contributed by atoms with Crippen molar-refractivity contribution in [2.75, 3.05) is 12.4 Å². The van der Waals surface area contributed by atoms with E-state index in [9.17, 15) is 14.7 Å². The molecule has 29 heavy (non-hydrogen) atoms. The third-order valence-corrected chi connectivity index (χ3v) is 5.58. The monoisotopic (exact) mass is 422 g/mol. The average molecular weight is 422 g/mol. The molecule has 0 atom stereocenters. The SMILES string of the molecule is CN=C1C(=O)Nc2ccccc21.O=C1N=c2ccccc2=C1c1sc(=S)[nH]c1O. The number of aromatic nitrogens is 1. The van der Waals surface area contributed by atoms with Crippen LogP contribution in [0, 0.1) is 3.95 Å². The van der Waals surface area contributed by atoms with Crippen molar-refractivity contribution in [3.8, 4) is 5.88 Å². The number of carbonyl (C=O) groups excluding carboxylic acids is 2. The number of thiazole rings is 1. The molecule has 144 valence electrons. The minimum Gasteiger partial charge on any atom is -0.494 e. The van der Waals surface area contributed by atoms with Gasteiger partial charge in [0.2, 0.25) is 5.88 Å². The van der Waals surface area contributed by atoms with Crippen LogP contribution in [0.15, 0.2) is 58.5 Å². The molecule has 9 heteroatoms. The summed E-state index contributed by atoms with van der Waals surface area (Å²) in [6.07, 6.45) is 0. The van der Waals surface area contributed by atoms with Gasteiger partial charge < -0.3 is 15.4 Å². The Balaban J connectivity index is 0.000000150. The second-order valence-electron chi connectivity index (χ2n) is 6.07. The van der Waals surface area contributed by atoms with E-state index in [1.165, 1.54) is 11.3 Å². The van der Waals surface area contributed by atoms with Crippen LogP contribution in [-0.4, -0.2) is 34.7 Å². The van der Waals surface area contributed by atoms with Gasteiger partial charge in [0.05, 0.1) is 16.6 Å². The number of hydrogen-bond donors (Lipinski definition) is 3. The Hall–Kier alpha value is -3.43. The lowest BCUT2D eigenvalue weighted by Gasteiger charge is -1.95. The Morgan fingerprint density at radius 3 is 2.55 bits per heavy atom. The number of amides is 2. The Kier molecular flexibility index (Phi) is 4.91. The summed E-state index contributed by atoms with van der Waals surface area (Å²) in [5, 5.41) is 13.8. The topological polar surface area (TPSA) is 107 Å². The van der Waals surface area contributed by atoms with E-state index in [0.717, 1.165) is 16.5 Å². The van der Waals surface area contributed by atoms with Gasteiger partial charge in [0.15, 0.2) is 3.95 Å². The molecule has 0 unspecified atom stereocenters. The quantitative estimate of drug-likeness (QED) is 0.521. The summed E-state index contributed by atoms with van der Waals surface area (Å²) in [6.45, 7) is 0. The van der Waals surface area contributed by atoms with Gasteiger partial charge in [-0.3, -0.25) is 14.6 Å². The van der Waals surface area contributed by atoms with Crippen molar-refractivity contribution >= 4 is 52.3 Å². The number of hydrogen-bond acceptors (Lipinski definition) is 6. The molecular weight excluding hydrogens is 408 g/mol. The molecule has 3 N–H and O–H groups in total. The fourth-order valence-corrected chi connectivity index (χ4v) is 4.22. The maximum Gasteiger partial charge on any atom is 0.279 e. The normalized spacial score (nSPS) is 15.3. The van der Waals surface area contributed by atoms with Crippen LogP contribution in [0.3, 0.4) is 0 Å². The number of nitrogens with zero attached hydrogens (tertiary/aromatic N) is 2. The van der Waals surface area contributed by atoms with Gasteiger partial charge in [0, 0.05) is 17.8 Å². The van der Waals surface area contributed by atoms with Crippen LogP contribution in [-0.2, 0) is 9.59 Å². The molecule has 0 radical (unpaired) electrons. The van der Waals surface area contributed by atoms with Crippen LogP contribution < -0.4 is 15.9 Å². The number of nitrogens with one attached hydrogen (secondary N) is 2. The Morgan fingerprint density at radius 1 is 1.10 bits per heavy atom. The highest BCUT2D eigenvalue weighted by molar-refractivity contribution is 7.73. The van der Waals surface area contributed by atoms with Crippen molar-refractivity contribution in [1.82, 2.24) is 4.98 Å². The molecule has 1 aromatic heterocycles. The standard InChI is InChI=1S/C11H6N2O2S2.C9H8N2O/c14-9-7(8-10(15)13-11(16)17-8)5-3-1-2-4-6(5)12-9;1-10-8-6-4-2-3-5-7(6)11-9(8)12/h1-4,15H,(H,13,16);2-5H,1H3,(H,10,11,12). The van der Waals surface area contributed by atoms with Gasteiger partial charge >= 0.3 is 0 Å². The fraction of sp³-hybridized carbons (Fsp3) is 0.0500. The molecule has 3 aromatic rings. The number of anilines is 1. The molecule has 0 saturated heterocycles. The highest BCUT2D eigenvalue weighted by Crippen LogP contribution is 2.29. The second-order valence-corrected chi connectivity index (χ2v) is 7.76. The molecule has 2 aliphatic rings. The Morgan fingerprint density at radius 2 is 1.83 bits per heavy atom. The second kappa shape index (κ2) is 7.53. The summed E-state index contributed by atoms with van der Waals surface area (Å²) >= 11 is 6.11. The van der Waals surface area contributed by atoms with Crippen molar-refractivity contribution < 1.29 is 14.7 Å². The number of carbonyl (C=O) groups is 2. The van der Waals surface area contributed by atoms with Crippen LogP contribution in [0.4, 0.5) is 5.69 Å². The fourth-order valence-electron chi connectivity index (χ4n) is 3.10. The first kappa shape index (κ1) is 18.9. The average Bonchev–Trinajstić information content (AvgIpc) is 3.32. The largest absolute Gasteiger partial charge is 0.494 e. The molecule has 0 bridgehead atoms. The number of aromatic hydroxyl groups is 1. The molecular formula is C20H14N4O3S2. The summed E-state index contributed by atoms with van der Waals surface area (Å²) < 4.78 is 0.433. The zero-order valence-corrected chi connectivity index (χ0v) is 16.7. The summed E-state index contributed by atoms with van der Waals surface area (Å²) in [4.78, 5) is 34.0. The first-order chi connectivity index (χ1) is 14.0. The maximum absolute atomic E-state index is 11.8. The summed E-state index contributed by atoms with van der Waals surface area (Å²) in [5.41, 5.74) is 2.68. The van der Waals surface area contributed by atoms with E-state index < -0.39 is 0 Å². The van der Waals surface area contributed by atoms with Gasteiger partial charge in [-0.05, 0) is 24.4 Å². The predicted molar refractivity (Wildman–Crippen MR) is 113 cm³/mol. The molecule has 3 heterocycles. The summed E-state index contributed by atoms with van der Waals surface area (Å²) in [5.74, 6) is -0.527. The Bertz CT molecular complexity index is 1370. The zero-order chi connectivity index (χ0) is 20.5. The van der Waals surface area contributed by atoms with E-state index in [2.05, 4.69) is 20.3 Å². The molecule has 2 aromatic carbocycles. The molecule has 2 amide bonds. The maximum atomic E-state index is 11.8. The van der Waals surface area contributed by atoms with Crippen LogP contribution in [0.5, 0.6) is 5.88 Å². The van der Waals surface area contributed by atoms with Crippen LogP contribution in [0.1, 0.15) is 10.4 Å². The molecule has 0 fully saturated rings. The van der Waals surface area contributed by atoms with Gasteiger partial charge in [0.1, 0.15) is 10.6 Å². The van der Waals surface area contributed by atoms with Gasteiger partial charge in [0.25, 0.3) is 11.8 Å². The minimum absolute atomic E-state index is 0.0738. The number of fused-ring (bicyclic) bond motifs is 2. The molecule has 0 spiro atoms.